The van der Waals surface area contributed by atoms with Crippen LogP contribution in [-0.2, 0) is 11.5 Å². The summed E-state index contributed by atoms with van der Waals surface area (Å²) in [5.74, 6) is 0.0356. The van der Waals surface area contributed by atoms with Gasteiger partial charge in [-0.15, -0.1) is 0 Å². The number of hydrogen-bond donors (Lipinski definition) is 1. The van der Waals surface area contributed by atoms with Crippen LogP contribution in [0.1, 0.15) is 24.0 Å². The van der Waals surface area contributed by atoms with Gasteiger partial charge in [0.15, 0.2) is 0 Å². The molecule has 0 radical (unpaired) electrons. The molecule has 2 aromatic rings. The van der Waals surface area contributed by atoms with Crippen LogP contribution >= 0.6 is 12.2 Å². The predicted octanol–water partition coefficient (Wildman–Crippen LogP) is 1.58. The molecule has 1 saturated carbocycles. The number of likely N-dealkylation sites (N-methyl/N-ethyl adjacent to an activating group) is 1. The van der Waals surface area contributed by atoms with Gasteiger partial charge in [-0.25, -0.2) is 4.68 Å². The van der Waals surface area contributed by atoms with E-state index in [4.69, 9.17) is 12.2 Å². The summed E-state index contributed by atoms with van der Waals surface area (Å²) in [5.41, 5.74) is 3.23. The number of benzene rings is 1. The van der Waals surface area contributed by atoms with Crippen LogP contribution in [-0.4, -0.2) is 50.2 Å². The molecule has 1 N–H and O–H groups in total. The third kappa shape index (κ3) is 3.70. The molecule has 0 saturated heterocycles. The number of nitrogens with one attached hydrogen (secondary N) is 1. The second-order valence-electron chi connectivity index (χ2n) is 6.39. The van der Waals surface area contributed by atoms with E-state index in [0.29, 0.717) is 24.0 Å². The summed E-state index contributed by atoms with van der Waals surface area (Å²) >= 11 is 5.50. The fourth-order valence-corrected chi connectivity index (χ4v) is 2.73. The van der Waals surface area contributed by atoms with Crippen LogP contribution in [0.4, 0.5) is 0 Å². The first-order chi connectivity index (χ1) is 11.5. The molecule has 1 aliphatic carbocycles. The second kappa shape index (κ2) is 6.82. The number of carbonyl (C=O) groups is 1. The topological polar surface area (TPSA) is 68.0 Å². The fourth-order valence-electron chi connectivity index (χ4n) is 2.50. The average molecular weight is 346 g/mol. The van der Waals surface area contributed by atoms with Gasteiger partial charge in [0.1, 0.15) is 0 Å². The smallest absolute Gasteiger partial charge is 0.234 e. The van der Waals surface area contributed by atoms with Crippen molar-refractivity contribution < 1.29 is 4.79 Å². The van der Waals surface area contributed by atoms with E-state index in [9.17, 15) is 4.79 Å². The molecule has 1 aliphatic rings. The summed E-state index contributed by atoms with van der Waals surface area (Å²) in [6, 6.07) is 6.38. The van der Waals surface area contributed by atoms with E-state index in [1.807, 2.05) is 31.0 Å². The Morgan fingerprint density at radius 2 is 2.12 bits per heavy atom. The van der Waals surface area contributed by atoms with E-state index in [1.165, 1.54) is 5.56 Å². The van der Waals surface area contributed by atoms with Gasteiger partial charge in [0.2, 0.25) is 10.7 Å². The molecule has 1 fully saturated rings. The number of amides is 1. The van der Waals surface area contributed by atoms with E-state index >= 15 is 0 Å². The molecule has 0 atom stereocenters. The summed E-state index contributed by atoms with van der Waals surface area (Å²) in [4.78, 5) is 13.7. The SMILES string of the molecule is Cc1cccc(-n2nnn(CN(C)CC(=O)NC3CC3)c2=S)c1C. The Morgan fingerprint density at radius 1 is 1.38 bits per heavy atom. The number of aryl methyl sites for hydroxylation is 1. The zero-order chi connectivity index (χ0) is 17.3. The highest BCUT2D eigenvalue weighted by molar-refractivity contribution is 7.71. The molecule has 0 spiro atoms. The van der Waals surface area contributed by atoms with Crippen molar-refractivity contribution in [3.8, 4) is 5.69 Å². The Kier molecular flexibility index (Phi) is 4.77. The lowest BCUT2D eigenvalue weighted by Gasteiger charge is -2.15. The van der Waals surface area contributed by atoms with Gasteiger partial charge in [0.25, 0.3) is 0 Å². The van der Waals surface area contributed by atoms with Gasteiger partial charge in [0, 0.05) is 6.04 Å². The van der Waals surface area contributed by atoms with Crippen molar-refractivity contribution in [2.45, 2.75) is 39.4 Å². The first kappa shape index (κ1) is 16.8. The maximum absolute atomic E-state index is 11.9. The molecule has 0 aliphatic heterocycles. The van der Waals surface area contributed by atoms with Crippen LogP contribution in [0.3, 0.4) is 0 Å². The first-order valence-electron chi connectivity index (χ1n) is 8.03. The van der Waals surface area contributed by atoms with Crippen LogP contribution in [0, 0.1) is 18.6 Å². The molecule has 0 unspecified atom stereocenters. The van der Waals surface area contributed by atoms with Crippen LogP contribution in [0.2, 0.25) is 0 Å². The maximum atomic E-state index is 11.9. The van der Waals surface area contributed by atoms with Crippen molar-refractivity contribution in [1.82, 2.24) is 30.0 Å². The minimum absolute atomic E-state index is 0.0356. The van der Waals surface area contributed by atoms with Crippen LogP contribution in [0.5, 0.6) is 0 Å². The van der Waals surface area contributed by atoms with Crippen LogP contribution in [0.15, 0.2) is 18.2 Å². The maximum Gasteiger partial charge on any atom is 0.234 e. The second-order valence-corrected chi connectivity index (χ2v) is 6.75. The molecular formula is C16H22N6OS. The van der Waals surface area contributed by atoms with Crippen molar-refractivity contribution in [2.24, 2.45) is 0 Å². The third-order valence-electron chi connectivity index (χ3n) is 4.17. The van der Waals surface area contributed by atoms with Gasteiger partial charge in [-0.3, -0.25) is 9.69 Å². The van der Waals surface area contributed by atoms with Crippen molar-refractivity contribution >= 4 is 18.1 Å². The summed E-state index contributed by atoms with van der Waals surface area (Å²) in [6.07, 6.45) is 2.18. The van der Waals surface area contributed by atoms with Crippen molar-refractivity contribution in [1.29, 1.82) is 0 Å². The normalized spacial score (nSPS) is 14.2. The highest BCUT2D eigenvalue weighted by Crippen LogP contribution is 2.18. The number of nitrogens with zero attached hydrogens (tertiary/aromatic N) is 5. The van der Waals surface area contributed by atoms with E-state index in [1.54, 1.807) is 9.36 Å². The Morgan fingerprint density at radius 3 is 2.83 bits per heavy atom. The molecule has 1 aromatic heterocycles. The van der Waals surface area contributed by atoms with E-state index in [2.05, 4.69) is 28.7 Å². The van der Waals surface area contributed by atoms with Gasteiger partial charge < -0.3 is 5.32 Å². The van der Waals surface area contributed by atoms with Gasteiger partial charge in [0.05, 0.1) is 18.9 Å². The molecule has 128 valence electrons. The molecule has 1 amide bonds. The third-order valence-corrected chi connectivity index (χ3v) is 4.56. The summed E-state index contributed by atoms with van der Waals surface area (Å²) in [5, 5.41) is 11.3. The van der Waals surface area contributed by atoms with Crippen molar-refractivity contribution in [3.05, 3.63) is 34.1 Å². The largest absolute Gasteiger partial charge is 0.352 e. The molecule has 24 heavy (non-hydrogen) atoms. The Balaban J connectivity index is 1.71. The quantitative estimate of drug-likeness (QED) is 0.805. The van der Waals surface area contributed by atoms with E-state index < -0.39 is 0 Å². The number of aromatic nitrogens is 4. The molecule has 1 aromatic carbocycles. The number of carbonyl (C=O) groups excluding carboxylic acids is 1. The number of hydrogen-bond acceptors (Lipinski definition) is 5. The summed E-state index contributed by atoms with van der Waals surface area (Å²) in [6.45, 7) is 4.83. The molecular weight excluding hydrogens is 324 g/mol. The molecule has 0 bridgehead atoms. The minimum atomic E-state index is 0.0356. The minimum Gasteiger partial charge on any atom is -0.352 e. The van der Waals surface area contributed by atoms with Gasteiger partial charge in [-0.2, -0.15) is 4.68 Å². The lowest BCUT2D eigenvalue weighted by molar-refractivity contribution is -0.122. The predicted molar refractivity (Wildman–Crippen MR) is 93.5 cm³/mol. The number of rotatable bonds is 6. The fraction of sp³-hybridized carbons (Fsp3) is 0.500. The lowest BCUT2D eigenvalue weighted by Crippen LogP contribution is -2.37. The Bertz CT molecular complexity index is 807. The monoisotopic (exact) mass is 346 g/mol. The van der Waals surface area contributed by atoms with Crippen LogP contribution < -0.4 is 5.32 Å². The summed E-state index contributed by atoms with van der Waals surface area (Å²) in [7, 11) is 1.87. The lowest BCUT2D eigenvalue weighted by atomic mass is 10.1. The Hall–Kier alpha value is -2.06. The van der Waals surface area contributed by atoms with Gasteiger partial charge in [-0.05, 0) is 73.6 Å². The average Bonchev–Trinajstić information content (AvgIpc) is 3.26. The molecule has 7 nitrogen and oxygen atoms in total. The van der Waals surface area contributed by atoms with Gasteiger partial charge >= 0.3 is 0 Å². The number of tetrazole rings is 1. The molecule has 3 rings (SSSR count). The van der Waals surface area contributed by atoms with Gasteiger partial charge in [-0.1, -0.05) is 12.1 Å². The highest BCUT2D eigenvalue weighted by atomic mass is 32.1. The molecule has 8 heteroatoms. The highest BCUT2D eigenvalue weighted by Gasteiger charge is 2.23. The first-order valence-corrected chi connectivity index (χ1v) is 8.44. The molecule has 1 heterocycles. The zero-order valence-corrected chi connectivity index (χ0v) is 15.0. The Labute approximate surface area is 146 Å². The standard InChI is InChI=1S/C16H22N6OS/c1-11-5-4-6-14(12(11)2)22-16(24)21(18-19-22)10-20(3)9-15(23)17-13-7-8-13/h4-6,13H,7-10H2,1-3H3,(H,17,23). The summed E-state index contributed by atoms with van der Waals surface area (Å²) < 4.78 is 3.80. The zero-order valence-electron chi connectivity index (χ0n) is 14.2. The van der Waals surface area contributed by atoms with Crippen LogP contribution in [0.25, 0.3) is 5.69 Å². The van der Waals surface area contributed by atoms with E-state index in [0.717, 1.165) is 24.1 Å². The van der Waals surface area contributed by atoms with E-state index in [-0.39, 0.29) is 5.91 Å². The van der Waals surface area contributed by atoms with Crippen molar-refractivity contribution in [2.75, 3.05) is 13.6 Å². The van der Waals surface area contributed by atoms with Crippen molar-refractivity contribution in [3.63, 3.8) is 0 Å².